The van der Waals surface area contributed by atoms with Crippen LogP contribution in [0, 0.1) is 0 Å². The van der Waals surface area contributed by atoms with Crippen molar-refractivity contribution >= 4 is 18.0 Å². The molecular weight excluding hydrogens is 158 g/mol. The molecule has 0 bridgehead atoms. The lowest BCUT2D eigenvalue weighted by molar-refractivity contribution is -0.105. The predicted octanol–water partition coefficient (Wildman–Crippen LogP) is 0.953. The van der Waals surface area contributed by atoms with Crippen LogP contribution in [0.5, 0.6) is 0 Å². The zero-order valence-corrected chi connectivity index (χ0v) is 6.07. The molecule has 62 valence electrons. The van der Waals surface area contributed by atoms with Crippen LogP contribution in [0.1, 0.15) is 11.7 Å². The number of nitrogens with one attached hydrogen (secondary N) is 1. The molecule has 2 N–H and O–H groups in total. The van der Waals surface area contributed by atoms with E-state index in [9.17, 15) is 9.59 Å². The number of carbonyl (C=O) groups is 2. The van der Waals surface area contributed by atoms with Gasteiger partial charge in [0.15, 0.2) is 0 Å². The van der Waals surface area contributed by atoms with Gasteiger partial charge in [-0.15, -0.1) is 0 Å². The first-order valence-electron chi connectivity index (χ1n) is 3.70. The van der Waals surface area contributed by atoms with Crippen molar-refractivity contribution in [1.82, 2.24) is 0 Å². The lowest BCUT2D eigenvalue weighted by atomic mass is 10.2. The highest BCUT2D eigenvalue weighted by Gasteiger charge is 2.01. The van der Waals surface area contributed by atoms with E-state index in [1.165, 1.54) is 24.3 Å². The van der Waals surface area contributed by atoms with Crippen molar-refractivity contribution in [2.75, 3.05) is 5.32 Å². The molecule has 0 aliphatic heterocycles. The molecule has 1 aromatic carbocycles. The lowest BCUT2D eigenvalue weighted by Gasteiger charge is -1.98. The molecule has 0 atom stereocenters. The molecule has 0 fully saturated rings. The summed E-state index contributed by atoms with van der Waals surface area (Å²) in [6.45, 7) is 0. The Balaban J connectivity index is 2.91. The van der Waals surface area contributed by atoms with Crippen LogP contribution in [0.15, 0.2) is 24.3 Å². The van der Waals surface area contributed by atoms with Gasteiger partial charge in [-0.1, -0.05) is 6.07 Å². The SMILES string of the molecule is [3H]C(=O)Nc1cccc(C(=O)O)c1. The maximum absolute atomic E-state index is 10.5. The van der Waals surface area contributed by atoms with Gasteiger partial charge in [-0.25, -0.2) is 4.79 Å². The highest BCUT2D eigenvalue weighted by Crippen LogP contribution is 2.09. The van der Waals surface area contributed by atoms with Crippen LogP contribution in [0.3, 0.4) is 0 Å². The van der Waals surface area contributed by atoms with Gasteiger partial charge in [0.25, 0.3) is 0 Å². The van der Waals surface area contributed by atoms with Gasteiger partial charge in [-0.2, -0.15) is 0 Å². The quantitative estimate of drug-likeness (QED) is 0.644. The van der Waals surface area contributed by atoms with E-state index >= 15 is 0 Å². The number of carbonyl (C=O) groups excluding carboxylic acids is 1. The van der Waals surface area contributed by atoms with Crippen molar-refractivity contribution in [1.29, 1.82) is 0 Å². The Hall–Kier alpha value is -1.84. The third-order valence-corrected chi connectivity index (χ3v) is 1.30. The van der Waals surface area contributed by atoms with Gasteiger partial charge >= 0.3 is 5.97 Å². The Bertz CT molecular complexity index is 351. The maximum Gasteiger partial charge on any atom is 0.335 e. The molecule has 0 aromatic heterocycles. The summed E-state index contributed by atoms with van der Waals surface area (Å²) >= 11 is 0. The molecule has 0 spiro atoms. The summed E-state index contributed by atoms with van der Waals surface area (Å²) in [4.78, 5) is 20.8. The first kappa shape index (κ1) is 6.84. The molecule has 0 heterocycles. The number of carboxylic acid groups (broad SMARTS) is 1. The molecule has 0 unspecified atom stereocenters. The summed E-state index contributed by atoms with van der Waals surface area (Å²) in [5.74, 6) is -1.07. The Morgan fingerprint density at radius 1 is 1.67 bits per heavy atom. The highest BCUT2D eigenvalue weighted by atomic mass is 16.4. The molecular formula is C8H7NO3. The standard InChI is InChI=1S/C8H7NO3/c10-5-9-7-3-1-2-6(4-7)8(11)12/h1-5H,(H,9,10)(H,11,12)/i5T. The van der Waals surface area contributed by atoms with Gasteiger partial charge in [-0.3, -0.25) is 4.79 Å². The topological polar surface area (TPSA) is 66.4 Å². The van der Waals surface area contributed by atoms with Crippen LogP contribution < -0.4 is 5.32 Å². The van der Waals surface area contributed by atoms with Gasteiger partial charge in [0.05, 0.1) is 5.56 Å². The number of benzene rings is 1. The van der Waals surface area contributed by atoms with E-state index in [2.05, 4.69) is 5.32 Å². The number of aromatic carboxylic acids is 1. The summed E-state index contributed by atoms with van der Waals surface area (Å²) in [6.07, 6.45) is -0.970. The first-order chi connectivity index (χ1) is 6.09. The van der Waals surface area contributed by atoms with Crippen molar-refractivity contribution in [2.24, 2.45) is 0 Å². The van der Waals surface area contributed by atoms with E-state index < -0.39 is 12.4 Å². The molecule has 0 saturated carbocycles. The van der Waals surface area contributed by atoms with Crippen molar-refractivity contribution in [3.8, 4) is 0 Å². The molecule has 1 amide bonds. The zero-order valence-electron chi connectivity index (χ0n) is 7.07. The minimum absolute atomic E-state index is 0.0752. The Labute approximate surface area is 70.2 Å². The van der Waals surface area contributed by atoms with Crippen molar-refractivity contribution in [2.45, 2.75) is 0 Å². The van der Waals surface area contributed by atoms with Crippen LogP contribution in [-0.2, 0) is 4.79 Å². The summed E-state index contributed by atoms with van der Waals surface area (Å²) in [5, 5.41) is 10.7. The summed E-state index contributed by atoms with van der Waals surface area (Å²) < 4.78 is 6.60. The molecule has 1 aromatic rings. The normalized spacial score (nSPS) is 10.2. The second-order valence-electron chi connectivity index (χ2n) is 2.11. The summed E-state index contributed by atoms with van der Waals surface area (Å²) in [5.41, 5.74) is 0.381. The van der Waals surface area contributed by atoms with E-state index in [4.69, 9.17) is 6.48 Å². The van der Waals surface area contributed by atoms with E-state index in [-0.39, 0.29) is 5.56 Å². The van der Waals surface area contributed by atoms with Gasteiger partial charge in [-0.05, 0) is 18.2 Å². The van der Waals surface area contributed by atoms with Gasteiger partial charge in [0, 0.05) is 5.69 Å². The number of rotatable bonds is 2. The third kappa shape index (κ3) is 1.82. The molecule has 0 radical (unpaired) electrons. The van der Waals surface area contributed by atoms with Crippen molar-refractivity contribution < 1.29 is 16.1 Å². The number of amides is 1. The molecule has 12 heavy (non-hydrogen) atoms. The van der Waals surface area contributed by atoms with E-state index in [1.54, 1.807) is 0 Å². The van der Waals surface area contributed by atoms with Crippen LogP contribution in [0.2, 0.25) is 0 Å². The van der Waals surface area contributed by atoms with Gasteiger partial charge in [0.2, 0.25) is 6.39 Å². The number of hydrogen-bond donors (Lipinski definition) is 2. The van der Waals surface area contributed by atoms with Crippen LogP contribution >= 0.6 is 0 Å². The number of hydrogen-bond acceptors (Lipinski definition) is 2. The largest absolute Gasteiger partial charge is 0.478 e. The second-order valence-corrected chi connectivity index (χ2v) is 2.11. The monoisotopic (exact) mass is 167 g/mol. The van der Waals surface area contributed by atoms with Crippen LogP contribution in [-0.4, -0.2) is 17.5 Å². The molecule has 1 rings (SSSR count). The third-order valence-electron chi connectivity index (χ3n) is 1.30. The van der Waals surface area contributed by atoms with Crippen LogP contribution in [0.4, 0.5) is 5.69 Å². The van der Waals surface area contributed by atoms with Crippen molar-refractivity contribution in [3.63, 3.8) is 0 Å². The zero-order chi connectivity index (χ0) is 9.84. The average molecular weight is 167 g/mol. The smallest absolute Gasteiger partial charge is 0.335 e. The minimum Gasteiger partial charge on any atom is -0.478 e. The average Bonchev–Trinajstić information content (AvgIpc) is 2.03. The van der Waals surface area contributed by atoms with Gasteiger partial charge < -0.3 is 10.4 Å². The molecule has 4 heteroatoms. The van der Waals surface area contributed by atoms with Crippen molar-refractivity contribution in [3.05, 3.63) is 29.8 Å². The molecule has 0 saturated heterocycles. The first-order valence-corrected chi connectivity index (χ1v) is 3.20. The summed E-state index contributed by atoms with van der Waals surface area (Å²) in [6, 6.07) is 5.70. The molecule has 0 aliphatic carbocycles. The maximum atomic E-state index is 10.5. The minimum atomic E-state index is -1.07. The Kier molecular flexibility index (Phi) is 2.01. The highest BCUT2D eigenvalue weighted by molar-refractivity contribution is 5.89. The molecule has 0 aliphatic rings. The summed E-state index contributed by atoms with van der Waals surface area (Å²) in [7, 11) is 0. The second kappa shape index (κ2) is 3.52. The lowest BCUT2D eigenvalue weighted by Crippen LogP contribution is -1.99. The van der Waals surface area contributed by atoms with E-state index in [0.717, 1.165) is 0 Å². The van der Waals surface area contributed by atoms with Gasteiger partial charge in [0.1, 0.15) is 1.37 Å². The predicted molar refractivity (Wildman–Crippen MR) is 43.1 cm³/mol. The Morgan fingerprint density at radius 2 is 2.42 bits per heavy atom. The number of carboxylic acids is 1. The fourth-order valence-electron chi connectivity index (χ4n) is 0.789. The van der Waals surface area contributed by atoms with Crippen LogP contribution in [0.25, 0.3) is 0 Å². The fraction of sp³-hybridized carbons (Fsp3) is 0. The Morgan fingerprint density at radius 3 is 3.00 bits per heavy atom. The molecule has 4 nitrogen and oxygen atoms in total. The number of anilines is 1. The van der Waals surface area contributed by atoms with E-state index in [0.29, 0.717) is 5.69 Å². The fourth-order valence-corrected chi connectivity index (χ4v) is 0.789. The van der Waals surface area contributed by atoms with E-state index in [1.807, 2.05) is 0 Å².